The SMILES string of the molecule is O.O=CC(=O)Cc1ccccc1. The summed E-state index contributed by atoms with van der Waals surface area (Å²) in [6.45, 7) is 0. The summed E-state index contributed by atoms with van der Waals surface area (Å²) in [5.74, 6) is -0.379. The Morgan fingerprint density at radius 3 is 2.33 bits per heavy atom. The molecule has 0 saturated carbocycles. The minimum atomic E-state index is -0.379. The third kappa shape index (κ3) is 3.07. The van der Waals surface area contributed by atoms with Gasteiger partial charge in [-0.15, -0.1) is 0 Å². The molecule has 64 valence electrons. The van der Waals surface area contributed by atoms with E-state index in [9.17, 15) is 9.59 Å². The number of carbonyl (C=O) groups is 2. The zero-order chi connectivity index (χ0) is 8.10. The van der Waals surface area contributed by atoms with Crippen molar-refractivity contribution in [2.45, 2.75) is 6.42 Å². The largest absolute Gasteiger partial charge is 0.412 e. The normalized spacial score (nSPS) is 8.33. The van der Waals surface area contributed by atoms with Crippen LogP contribution >= 0.6 is 0 Å². The smallest absolute Gasteiger partial charge is 0.199 e. The van der Waals surface area contributed by atoms with Gasteiger partial charge in [-0.25, -0.2) is 0 Å². The van der Waals surface area contributed by atoms with E-state index in [0.717, 1.165) is 5.56 Å². The van der Waals surface area contributed by atoms with E-state index in [1.54, 1.807) is 0 Å². The molecule has 2 N–H and O–H groups in total. The first kappa shape index (κ1) is 10.5. The molecule has 0 aromatic heterocycles. The van der Waals surface area contributed by atoms with Crippen LogP contribution in [0.25, 0.3) is 0 Å². The van der Waals surface area contributed by atoms with Gasteiger partial charge in [0.1, 0.15) is 0 Å². The Hall–Kier alpha value is -1.48. The summed E-state index contributed by atoms with van der Waals surface area (Å²) in [5, 5.41) is 0. The van der Waals surface area contributed by atoms with Crippen molar-refractivity contribution in [3.05, 3.63) is 35.9 Å². The topological polar surface area (TPSA) is 65.6 Å². The second-order valence-corrected chi connectivity index (χ2v) is 2.25. The molecule has 0 bridgehead atoms. The summed E-state index contributed by atoms with van der Waals surface area (Å²) < 4.78 is 0. The minimum absolute atomic E-state index is 0. The lowest BCUT2D eigenvalue weighted by atomic mass is 10.1. The van der Waals surface area contributed by atoms with Crippen molar-refractivity contribution in [1.82, 2.24) is 0 Å². The summed E-state index contributed by atoms with van der Waals surface area (Å²) >= 11 is 0. The molecule has 1 rings (SSSR count). The van der Waals surface area contributed by atoms with Gasteiger partial charge in [0, 0.05) is 6.42 Å². The third-order valence-corrected chi connectivity index (χ3v) is 1.35. The molecule has 0 fully saturated rings. The van der Waals surface area contributed by atoms with Crippen molar-refractivity contribution < 1.29 is 15.1 Å². The number of aldehydes is 1. The molecule has 0 radical (unpaired) electrons. The van der Waals surface area contributed by atoms with Crippen LogP contribution in [0.2, 0.25) is 0 Å². The summed E-state index contributed by atoms with van der Waals surface area (Å²) in [7, 11) is 0. The number of hydrogen-bond donors (Lipinski definition) is 0. The molecular weight excluding hydrogens is 156 g/mol. The van der Waals surface area contributed by atoms with Crippen LogP contribution < -0.4 is 0 Å². The summed E-state index contributed by atoms with van der Waals surface area (Å²) in [4.78, 5) is 20.6. The van der Waals surface area contributed by atoms with E-state index in [1.165, 1.54) is 0 Å². The maximum atomic E-state index is 10.6. The summed E-state index contributed by atoms with van der Waals surface area (Å²) in [6.07, 6.45) is 0.567. The predicted molar refractivity (Wildman–Crippen MR) is 44.8 cm³/mol. The number of rotatable bonds is 3. The van der Waals surface area contributed by atoms with Gasteiger partial charge in [-0.2, -0.15) is 0 Å². The highest BCUT2D eigenvalue weighted by Gasteiger charge is 1.98. The third-order valence-electron chi connectivity index (χ3n) is 1.35. The first-order chi connectivity index (χ1) is 5.33. The second kappa shape index (κ2) is 5.21. The maximum absolute atomic E-state index is 10.6. The number of carbonyl (C=O) groups excluding carboxylic acids is 2. The average molecular weight is 166 g/mol. The molecule has 0 aliphatic carbocycles. The van der Waals surface area contributed by atoms with Gasteiger partial charge in [0.15, 0.2) is 12.1 Å². The predicted octanol–water partition coefficient (Wildman–Crippen LogP) is 0.172. The number of Topliss-reactive ketones (excluding diaryl/α,β-unsaturated/α-hetero) is 1. The highest BCUT2D eigenvalue weighted by Crippen LogP contribution is 1.98. The molecule has 1 aromatic carbocycles. The molecule has 3 nitrogen and oxygen atoms in total. The molecule has 0 heterocycles. The van der Waals surface area contributed by atoms with Gasteiger partial charge in [0.2, 0.25) is 0 Å². The van der Waals surface area contributed by atoms with Crippen LogP contribution in [0.3, 0.4) is 0 Å². The fourth-order valence-corrected chi connectivity index (χ4v) is 0.839. The van der Waals surface area contributed by atoms with E-state index >= 15 is 0 Å². The lowest BCUT2D eigenvalue weighted by Gasteiger charge is -1.93. The highest BCUT2D eigenvalue weighted by atomic mass is 16.2. The average Bonchev–Trinajstić information content (AvgIpc) is 2.06. The van der Waals surface area contributed by atoms with Gasteiger partial charge in [0.05, 0.1) is 0 Å². The monoisotopic (exact) mass is 166 g/mol. The molecule has 0 unspecified atom stereocenters. The molecule has 0 aliphatic heterocycles. The van der Waals surface area contributed by atoms with Crippen LogP contribution in [0.15, 0.2) is 30.3 Å². The van der Waals surface area contributed by atoms with E-state index in [-0.39, 0.29) is 17.7 Å². The van der Waals surface area contributed by atoms with Crippen molar-refractivity contribution in [2.75, 3.05) is 0 Å². The first-order valence-electron chi connectivity index (χ1n) is 3.35. The zero-order valence-corrected chi connectivity index (χ0v) is 6.49. The molecular formula is C9H10O3. The number of hydrogen-bond acceptors (Lipinski definition) is 2. The quantitative estimate of drug-likeness (QED) is 0.474. The number of ketones is 1. The van der Waals surface area contributed by atoms with Crippen molar-refractivity contribution in [1.29, 1.82) is 0 Å². The van der Waals surface area contributed by atoms with E-state index in [1.807, 2.05) is 30.3 Å². The first-order valence-corrected chi connectivity index (χ1v) is 3.35. The highest BCUT2D eigenvalue weighted by molar-refractivity contribution is 6.25. The lowest BCUT2D eigenvalue weighted by Crippen LogP contribution is -2.02. The van der Waals surface area contributed by atoms with E-state index < -0.39 is 0 Å². The van der Waals surface area contributed by atoms with Crippen molar-refractivity contribution in [3.8, 4) is 0 Å². The summed E-state index contributed by atoms with van der Waals surface area (Å²) in [5.41, 5.74) is 0.879. The molecule has 0 spiro atoms. The van der Waals surface area contributed by atoms with Crippen molar-refractivity contribution in [2.24, 2.45) is 0 Å². The standard InChI is InChI=1S/C9H8O2.H2O/c10-7-9(11)6-8-4-2-1-3-5-8;/h1-5,7H,6H2;1H2. The van der Waals surface area contributed by atoms with Gasteiger partial charge in [-0.1, -0.05) is 30.3 Å². The Kier molecular flexibility index (Phi) is 4.57. The van der Waals surface area contributed by atoms with Crippen LogP contribution in [-0.4, -0.2) is 17.5 Å². The Balaban J connectivity index is 0.00000121. The van der Waals surface area contributed by atoms with Crippen molar-refractivity contribution >= 4 is 12.1 Å². The van der Waals surface area contributed by atoms with Crippen LogP contribution in [0.1, 0.15) is 5.56 Å². The molecule has 0 saturated heterocycles. The Morgan fingerprint density at radius 2 is 1.83 bits per heavy atom. The van der Waals surface area contributed by atoms with Gasteiger partial charge >= 0.3 is 0 Å². The van der Waals surface area contributed by atoms with Crippen LogP contribution in [0, 0.1) is 0 Å². The van der Waals surface area contributed by atoms with E-state index in [4.69, 9.17) is 0 Å². The van der Waals surface area contributed by atoms with Gasteiger partial charge in [-0.05, 0) is 5.56 Å². The van der Waals surface area contributed by atoms with Gasteiger partial charge in [0.25, 0.3) is 0 Å². The fourth-order valence-electron chi connectivity index (χ4n) is 0.839. The van der Waals surface area contributed by atoms with Gasteiger partial charge < -0.3 is 5.48 Å². The molecule has 0 atom stereocenters. The minimum Gasteiger partial charge on any atom is -0.412 e. The number of benzene rings is 1. The Labute approximate surface area is 70.3 Å². The van der Waals surface area contributed by atoms with E-state index in [2.05, 4.69) is 0 Å². The maximum Gasteiger partial charge on any atom is 0.199 e. The van der Waals surface area contributed by atoms with Crippen LogP contribution in [0.4, 0.5) is 0 Å². The molecule has 12 heavy (non-hydrogen) atoms. The molecule has 0 amide bonds. The summed E-state index contributed by atoms with van der Waals surface area (Å²) in [6, 6.07) is 9.19. The zero-order valence-electron chi connectivity index (χ0n) is 6.49. The molecule has 3 heteroatoms. The van der Waals surface area contributed by atoms with Gasteiger partial charge in [-0.3, -0.25) is 9.59 Å². The van der Waals surface area contributed by atoms with Crippen LogP contribution in [-0.2, 0) is 16.0 Å². The second-order valence-electron chi connectivity index (χ2n) is 2.25. The Morgan fingerprint density at radius 1 is 1.25 bits per heavy atom. The van der Waals surface area contributed by atoms with Crippen molar-refractivity contribution in [3.63, 3.8) is 0 Å². The van der Waals surface area contributed by atoms with E-state index in [0.29, 0.717) is 6.29 Å². The molecule has 0 aliphatic rings. The Bertz CT molecular complexity index is 254. The lowest BCUT2D eigenvalue weighted by molar-refractivity contribution is -0.129. The molecule has 1 aromatic rings. The van der Waals surface area contributed by atoms with Crippen LogP contribution in [0.5, 0.6) is 0 Å². The fraction of sp³-hybridized carbons (Fsp3) is 0.111.